The fourth-order valence-electron chi connectivity index (χ4n) is 4.61. The second kappa shape index (κ2) is 9.43. The number of hydrogen-bond acceptors (Lipinski definition) is 4. The van der Waals surface area contributed by atoms with Gasteiger partial charge >= 0.3 is 5.97 Å². The number of halogens is 2. The minimum absolute atomic E-state index is 0.187. The lowest BCUT2D eigenvalue weighted by Crippen LogP contribution is -2.29. The first kappa shape index (κ1) is 22.3. The summed E-state index contributed by atoms with van der Waals surface area (Å²) in [5, 5.41) is 13.2. The lowest BCUT2D eigenvalue weighted by molar-refractivity contribution is -0.142. The quantitative estimate of drug-likeness (QED) is 0.355. The Morgan fingerprint density at radius 1 is 1.12 bits per heavy atom. The number of aromatic nitrogens is 3. The zero-order valence-electron chi connectivity index (χ0n) is 18.4. The molecular weight excluding hydrogens is 455 g/mol. The zero-order chi connectivity index (χ0) is 23.7. The van der Waals surface area contributed by atoms with Crippen LogP contribution in [0.25, 0.3) is 22.2 Å². The molecule has 1 aliphatic carbocycles. The largest absolute Gasteiger partial charge is 0.481 e. The van der Waals surface area contributed by atoms with Crippen LogP contribution in [-0.4, -0.2) is 31.7 Å². The van der Waals surface area contributed by atoms with Crippen LogP contribution in [0.4, 0.5) is 10.2 Å². The highest BCUT2D eigenvalue weighted by atomic mass is 35.5. The van der Waals surface area contributed by atoms with E-state index in [0.717, 1.165) is 40.6 Å². The van der Waals surface area contributed by atoms with E-state index in [0.29, 0.717) is 30.2 Å². The van der Waals surface area contributed by atoms with E-state index in [4.69, 9.17) is 11.6 Å². The number of rotatable bonds is 6. The molecule has 1 saturated carbocycles. The van der Waals surface area contributed by atoms with Crippen molar-refractivity contribution in [1.29, 1.82) is 0 Å². The molecule has 2 aromatic heterocycles. The molecule has 8 heteroatoms. The van der Waals surface area contributed by atoms with Crippen molar-refractivity contribution in [3.05, 3.63) is 77.5 Å². The minimum atomic E-state index is -0.711. The molecule has 2 N–H and O–H groups in total. The van der Waals surface area contributed by atoms with Gasteiger partial charge in [-0.2, -0.15) is 0 Å². The smallest absolute Gasteiger partial charge is 0.306 e. The molecule has 174 valence electrons. The maximum Gasteiger partial charge on any atom is 0.306 e. The van der Waals surface area contributed by atoms with E-state index in [1.54, 1.807) is 18.6 Å². The number of anilines is 1. The normalized spacial score (nSPS) is 18.2. The molecule has 0 amide bonds. The van der Waals surface area contributed by atoms with Crippen molar-refractivity contribution in [3.63, 3.8) is 0 Å². The Balaban J connectivity index is 1.39. The van der Waals surface area contributed by atoms with Gasteiger partial charge in [-0.3, -0.25) is 4.79 Å². The van der Waals surface area contributed by atoms with Gasteiger partial charge in [0.2, 0.25) is 0 Å². The predicted molar refractivity (Wildman–Crippen MR) is 130 cm³/mol. The van der Waals surface area contributed by atoms with Gasteiger partial charge in [0, 0.05) is 24.3 Å². The van der Waals surface area contributed by atoms with Gasteiger partial charge in [0.1, 0.15) is 11.6 Å². The van der Waals surface area contributed by atoms with E-state index in [9.17, 15) is 14.3 Å². The fraction of sp³-hybridized carbons (Fsp3) is 0.269. The van der Waals surface area contributed by atoms with E-state index in [1.165, 1.54) is 12.1 Å². The van der Waals surface area contributed by atoms with Gasteiger partial charge in [0.25, 0.3) is 0 Å². The maximum atomic E-state index is 13.6. The summed E-state index contributed by atoms with van der Waals surface area (Å²) in [5.41, 5.74) is 4.41. The molecule has 34 heavy (non-hydrogen) atoms. The number of imidazole rings is 1. The van der Waals surface area contributed by atoms with Gasteiger partial charge in [0.15, 0.2) is 0 Å². The van der Waals surface area contributed by atoms with E-state index in [2.05, 4.69) is 15.3 Å². The van der Waals surface area contributed by atoms with Gasteiger partial charge in [-0.15, -0.1) is 0 Å². The minimum Gasteiger partial charge on any atom is -0.481 e. The number of nitrogens with zero attached hydrogens (tertiary/aromatic N) is 3. The molecule has 1 fully saturated rings. The third-order valence-corrected chi connectivity index (χ3v) is 6.76. The van der Waals surface area contributed by atoms with Crippen LogP contribution in [-0.2, 0) is 11.3 Å². The Morgan fingerprint density at radius 3 is 2.71 bits per heavy atom. The summed E-state index contributed by atoms with van der Waals surface area (Å²) in [7, 11) is 0. The molecule has 0 bridgehead atoms. The van der Waals surface area contributed by atoms with E-state index in [1.807, 2.05) is 34.9 Å². The number of carboxylic acid groups (broad SMARTS) is 1. The number of nitrogens with one attached hydrogen (secondary N) is 1. The predicted octanol–water partition coefficient (Wildman–Crippen LogP) is 5.99. The summed E-state index contributed by atoms with van der Waals surface area (Å²) in [6.07, 6.45) is 6.31. The number of hydrogen-bond donors (Lipinski definition) is 2. The Morgan fingerprint density at radius 2 is 1.94 bits per heavy atom. The van der Waals surface area contributed by atoms with Crippen LogP contribution in [0.3, 0.4) is 0 Å². The Hall–Kier alpha value is -3.45. The van der Waals surface area contributed by atoms with Crippen molar-refractivity contribution >= 4 is 34.4 Å². The molecule has 2 aromatic carbocycles. The van der Waals surface area contributed by atoms with Crippen LogP contribution in [0.1, 0.15) is 31.2 Å². The van der Waals surface area contributed by atoms with E-state index < -0.39 is 5.97 Å². The first-order chi connectivity index (χ1) is 16.5. The third-order valence-electron chi connectivity index (χ3n) is 6.46. The lowest BCUT2D eigenvalue weighted by Gasteiger charge is -2.27. The molecule has 0 unspecified atom stereocenters. The number of carboxylic acids is 1. The van der Waals surface area contributed by atoms with Gasteiger partial charge in [-0.1, -0.05) is 29.8 Å². The topological polar surface area (TPSA) is 80.0 Å². The van der Waals surface area contributed by atoms with Crippen molar-refractivity contribution in [2.75, 3.05) is 5.32 Å². The molecule has 0 aliphatic heterocycles. The van der Waals surface area contributed by atoms with E-state index in [-0.39, 0.29) is 17.8 Å². The molecule has 0 spiro atoms. The summed E-state index contributed by atoms with van der Waals surface area (Å²) in [6.45, 7) is 0.508. The number of benzene rings is 2. The summed E-state index contributed by atoms with van der Waals surface area (Å²) >= 11 is 6.52. The van der Waals surface area contributed by atoms with Gasteiger partial charge in [-0.05, 0) is 67.1 Å². The van der Waals surface area contributed by atoms with Crippen LogP contribution in [0.2, 0.25) is 5.02 Å². The molecule has 0 radical (unpaired) electrons. The maximum absolute atomic E-state index is 13.6. The highest BCUT2D eigenvalue weighted by molar-refractivity contribution is 6.33. The zero-order valence-corrected chi connectivity index (χ0v) is 19.2. The molecular formula is C26H24ClFN4O2. The summed E-state index contributed by atoms with van der Waals surface area (Å²) < 4.78 is 15.6. The fourth-order valence-corrected chi connectivity index (χ4v) is 4.83. The Kier molecular flexibility index (Phi) is 6.20. The SMILES string of the molecule is O=C(O)C1CCC(Nc2cc(-c3ccc4ncn(Cc5cccc(F)c5)c4c3)c(Cl)cn2)CC1. The first-order valence-corrected chi connectivity index (χ1v) is 11.7. The second-order valence-electron chi connectivity index (χ2n) is 8.79. The van der Waals surface area contributed by atoms with Crippen LogP contribution in [0.15, 0.2) is 61.1 Å². The van der Waals surface area contributed by atoms with Crippen molar-refractivity contribution in [2.24, 2.45) is 5.92 Å². The van der Waals surface area contributed by atoms with Crippen LogP contribution in [0, 0.1) is 11.7 Å². The Bertz CT molecular complexity index is 1350. The molecule has 0 atom stereocenters. The standard InChI is InChI=1S/C26H24ClFN4O2/c27-22-13-29-25(31-20-7-4-17(5-8-20)26(33)34)12-21(22)18-6-9-23-24(11-18)32(15-30-23)14-16-2-1-3-19(28)10-16/h1-3,6,9-13,15,17,20H,4-5,7-8,14H2,(H,29,31)(H,33,34). The summed E-state index contributed by atoms with van der Waals surface area (Å²) in [6, 6.07) is 14.6. The van der Waals surface area contributed by atoms with Crippen molar-refractivity contribution in [1.82, 2.24) is 14.5 Å². The van der Waals surface area contributed by atoms with Crippen molar-refractivity contribution < 1.29 is 14.3 Å². The highest BCUT2D eigenvalue weighted by Crippen LogP contribution is 2.33. The lowest BCUT2D eigenvalue weighted by atomic mass is 9.86. The number of carbonyl (C=O) groups is 1. The monoisotopic (exact) mass is 478 g/mol. The highest BCUT2D eigenvalue weighted by Gasteiger charge is 2.26. The molecule has 1 aliphatic rings. The molecule has 0 saturated heterocycles. The van der Waals surface area contributed by atoms with Gasteiger partial charge in [0.05, 0.1) is 28.3 Å². The van der Waals surface area contributed by atoms with Crippen molar-refractivity contribution in [2.45, 2.75) is 38.3 Å². The summed E-state index contributed by atoms with van der Waals surface area (Å²) in [4.78, 5) is 20.1. The average molecular weight is 479 g/mol. The first-order valence-electron chi connectivity index (χ1n) is 11.3. The molecule has 6 nitrogen and oxygen atoms in total. The summed E-state index contributed by atoms with van der Waals surface area (Å²) in [5.74, 6) is -0.512. The van der Waals surface area contributed by atoms with Gasteiger partial charge in [-0.25, -0.2) is 14.4 Å². The molecule has 5 rings (SSSR count). The number of aliphatic carboxylic acids is 1. The number of fused-ring (bicyclic) bond motifs is 1. The van der Waals surface area contributed by atoms with Crippen molar-refractivity contribution in [3.8, 4) is 11.1 Å². The second-order valence-corrected chi connectivity index (χ2v) is 9.19. The van der Waals surface area contributed by atoms with E-state index >= 15 is 0 Å². The Labute approximate surface area is 201 Å². The average Bonchev–Trinajstić information content (AvgIpc) is 3.22. The van der Waals surface area contributed by atoms with Gasteiger partial charge < -0.3 is 15.0 Å². The molecule has 2 heterocycles. The molecule has 4 aromatic rings. The number of pyridine rings is 1. The van der Waals surface area contributed by atoms with Crippen LogP contribution in [0.5, 0.6) is 0 Å². The third kappa shape index (κ3) is 4.75. The van der Waals surface area contributed by atoms with Crippen LogP contribution < -0.4 is 5.32 Å². The van der Waals surface area contributed by atoms with Crippen LogP contribution >= 0.6 is 11.6 Å².